The topological polar surface area (TPSA) is 60.5 Å². The maximum Gasteiger partial charge on any atom is 0.250 e. The van der Waals surface area contributed by atoms with Gasteiger partial charge >= 0.3 is 0 Å². The molecule has 1 heterocycles. The van der Waals surface area contributed by atoms with E-state index in [-0.39, 0.29) is 5.91 Å². The minimum Gasteiger partial charge on any atom is -0.493 e. The normalized spacial score (nSPS) is 10.7. The molecule has 0 saturated carbocycles. The third-order valence-corrected chi connectivity index (χ3v) is 3.76. The Balaban J connectivity index is 2.11. The van der Waals surface area contributed by atoms with Crippen molar-refractivity contribution in [2.75, 3.05) is 19.0 Å². The van der Waals surface area contributed by atoms with Gasteiger partial charge < -0.3 is 9.47 Å². The highest BCUT2D eigenvalue weighted by atomic mass is 35.5. The number of rotatable bonds is 7. The van der Waals surface area contributed by atoms with Crippen LogP contribution < -0.4 is 14.8 Å². The summed E-state index contributed by atoms with van der Waals surface area (Å²) in [4.78, 5) is 15.8. The maximum absolute atomic E-state index is 11.8. The van der Waals surface area contributed by atoms with E-state index in [1.807, 2.05) is 6.92 Å². The average Bonchev–Trinajstić information content (AvgIpc) is 3.04. The molecule has 2 aromatic rings. The Morgan fingerprint density at radius 3 is 2.96 bits per heavy atom. The van der Waals surface area contributed by atoms with E-state index in [1.54, 1.807) is 36.9 Å². The van der Waals surface area contributed by atoms with Crippen LogP contribution in [0.1, 0.15) is 18.9 Å². The van der Waals surface area contributed by atoms with Gasteiger partial charge in [-0.05, 0) is 30.2 Å². The van der Waals surface area contributed by atoms with E-state index in [0.29, 0.717) is 28.3 Å². The molecule has 0 unspecified atom stereocenters. The van der Waals surface area contributed by atoms with Crippen molar-refractivity contribution in [2.45, 2.75) is 13.3 Å². The second kappa shape index (κ2) is 8.55. The number of methoxy groups -OCH3 is 1. The number of thiazole rings is 1. The lowest BCUT2D eigenvalue weighted by atomic mass is 10.2. The fourth-order valence-electron chi connectivity index (χ4n) is 1.78. The van der Waals surface area contributed by atoms with E-state index < -0.39 is 0 Å². The highest BCUT2D eigenvalue weighted by Crippen LogP contribution is 2.36. The van der Waals surface area contributed by atoms with Gasteiger partial charge in [0.05, 0.1) is 18.7 Å². The van der Waals surface area contributed by atoms with Gasteiger partial charge in [0, 0.05) is 17.7 Å². The van der Waals surface area contributed by atoms with Crippen molar-refractivity contribution in [1.29, 1.82) is 0 Å². The highest BCUT2D eigenvalue weighted by Gasteiger charge is 2.11. The van der Waals surface area contributed by atoms with Gasteiger partial charge in [0.25, 0.3) is 0 Å². The molecule has 0 fully saturated rings. The molecular weight excluding hydrogens is 336 g/mol. The van der Waals surface area contributed by atoms with Crippen molar-refractivity contribution in [2.24, 2.45) is 0 Å². The zero-order valence-electron chi connectivity index (χ0n) is 12.8. The van der Waals surface area contributed by atoms with Gasteiger partial charge in [-0.25, -0.2) is 4.98 Å². The largest absolute Gasteiger partial charge is 0.493 e. The van der Waals surface area contributed by atoms with E-state index in [1.165, 1.54) is 17.4 Å². The van der Waals surface area contributed by atoms with Crippen molar-refractivity contribution in [1.82, 2.24) is 4.98 Å². The molecule has 1 N–H and O–H groups in total. The van der Waals surface area contributed by atoms with Crippen LogP contribution in [0.3, 0.4) is 0 Å². The van der Waals surface area contributed by atoms with Gasteiger partial charge in [0.1, 0.15) is 0 Å². The second-order valence-electron chi connectivity index (χ2n) is 4.54. The Bertz CT molecular complexity index is 687. The molecule has 0 bridgehead atoms. The summed E-state index contributed by atoms with van der Waals surface area (Å²) in [6.45, 7) is 2.57. The van der Waals surface area contributed by atoms with Crippen LogP contribution in [0.25, 0.3) is 6.08 Å². The fraction of sp³-hybridized carbons (Fsp3) is 0.250. The number of nitrogens with zero attached hydrogens (tertiary/aromatic N) is 1. The van der Waals surface area contributed by atoms with Gasteiger partial charge in [0.15, 0.2) is 16.6 Å². The number of halogens is 1. The zero-order valence-corrected chi connectivity index (χ0v) is 14.4. The average molecular weight is 353 g/mol. The summed E-state index contributed by atoms with van der Waals surface area (Å²) < 4.78 is 10.9. The van der Waals surface area contributed by atoms with Gasteiger partial charge in [0.2, 0.25) is 5.91 Å². The molecule has 122 valence electrons. The molecule has 0 aliphatic carbocycles. The Labute approximate surface area is 143 Å². The molecule has 0 radical (unpaired) electrons. The molecule has 1 aromatic carbocycles. The number of aromatic nitrogens is 1. The summed E-state index contributed by atoms with van der Waals surface area (Å²) in [6.07, 6.45) is 5.57. The van der Waals surface area contributed by atoms with Crippen molar-refractivity contribution < 1.29 is 14.3 Å². The number of amides is 1. The van der Waals surface area contributed by atoms with Gasteiger partial charge in [-0.1, -0.05) is 18.5 Å². The predicted octanol–water partition coefficient (Wildman–Crippen LogP) is 4.25. The number of hydrogen-bond donors (Lipinski definition) is 1. The molecule has 0 saturated heterocycles. The smallest absolute Gasteiger partial charge is 0.250 e. The van der Waals surface area contributed by atoms with E-state index in [4.69, 9.17) is 21.1 Å². The molecule has 0 atom stereocenters. The first-order chi connectivity index (χ1) is 11.1. The van der Waals surface area contributed by atoms with Crippen LogP contribution in [0.15, 0.2) is 29.8 Å². The lowest BCUT2D eigenvalue weighted by molar-refractivity contribution is -0.111. The number of carbonyl (C=O) groups excluding carboxylic acids is 1. The molecule has 2 rings (SSSR count). The Kier molecular flexibility index (Phi) is 6.43. The quantitative estimate of drug-likeness (QED) is 0.757. The first-order valence-corrected chi connectivity index (χ1v) is 8.28. The molecule has 0 spiro atoms. The van der Waals surface area contributed by atoms with Crippen LogP contribution in [0.4, 0.5) is 5.13 Å². The van der Waals surface area contributed by atoms with E-state index in [9.17, 15) is 4.79 Å². The summed E-state index contributed by atoms with van der Waals surface area (Å²) in [7, 11) is 1.55. The zero-order chi connectivity index (χ0) is 16.7. The van der Waals surface area contributed by atoms with Crippen LogP contribution >= 0.6 is 22.9 Å². The fourth-order valence-corrected chi connectivity index (χ4v) is 2.59. The molecule has 0 aliphatic heterocycles. The minimum absolute atomic E-state index is 0.263. The number of anilines is 1. The van der Waals surface area contributed by atoms with E-state index in [2.05, 4.69) is 10.3 Å². The molecular formula is C16H17ClN2O3S. The van der Waals surface area contributed by atoms with Crippen LogP contribution in [0.5, 0.6) is 11.5 Å². The van der Waals surface area contributed by atoms with E-state index in [0.717, 1.165) is 12.0 Å². The molecule has 1 aromatic heterocycles. The minimum atomic E-state index is -0.263. The summed E-state index contributed by atoms with van der Waals surface area (Å²) in [5, 5.41) is 5.45. The Morgan fingerprint density at radius 1 is 1.48 bits per heavy atom. The number of hydrogen-bond acceptors (Lipinski definition) is 5. The lowest BCUT2D eigenvalue weighted by Gasteiger charge is -2.12. The van der Waals surface area contributed by atoms with Crippen molar-refractivity contribution in [3.05, 3.63) is 40.4 Å². The number of ether oxygens (including phenoxy) is 2. The summed E-state index contributed by atoms with van der Waals surface area (Å²) in [5.74, 6) is 0.785. The summed E-state index contributed by atoms with van der Waals surface area (Å²) in [6, 6.07) is 3.49. The molecule has 0 aliphatic rings. The molecule has 5 nitrogen and oxygen atoms in total. The first kappa shape index (κ1) is 17.3. The molecule has 7 heteroatoms. The summed E-state index contributed by atoms with van der Waals surface area (Å²) in [5.41, 5.74) is 0.741. The number of carbonyl (C=O) groups is 1. The molecule has 1 amide bonds. The van der Waals surface area contributed by atoms with Crippen LogP contribution in [-0.4, -0.2) is 24.6 Å². The Morgan fingerprint density at radius 2 is 2.30 bits per heavy atom. The van der Waals surface area contributed by atoms with Gasteiger partial charge in [-0.15, -0.1) is 11.3 Å². The standard InChI is InChI=1S/C16H17ClN2O3S/c1-3-7-22-15-12(17)9-11(10-13(15)21-2)4-5-14(20)19-16-18-6-8-23-16/h4-6,8-10H,3,7H2,1-2H3,(H,18,19,20). The third-order valence-electron chi connectivity index (χ3n) is 2.79. The van der Waals surface area contributed by atoms with Crippen LogP contribution in [0.2, 0.25) is 5.02 Å². The third kappa shape index (κ3) is 4.97. The second-order valence-corrected chi connectivity index (χ2v) is 5.84. The van der Waals surface area contributed by atoms with Gasteiger partial charge in [-0.2, -0.15) is 0 Å². The van der Waals surface area contributed by atoms with Crippen molar-refractivity contribution >= 4 is 40.1 Å². The number of benzene rings is 1. The van der Waals surface area contributed by atoms with Crippen molar-refractivity contribution in [3.63, 3.8) is 0 Å². The van der Waals surface area contributed by atoms with Gasteiger partial charge in [-0.3, -0.25) is 10.1 Å². The monoisotopic (exact) mass is 352 g/mol. The Hall–Kier alpha value is -2.05. The van der Waals surface area contributed by atoms with Crippen LogP contribution in [-0.2, 0) is 4.79 Å². The number of nitrogens with one attached hydrogen (secondary N) is 1. The SMILES string of the molecule is CCCOc1c(Cl)cc(C=CC(=O)Nc2nccs2)cc1OC. The van der Waals surface area contributed by atoms with Crippen molar-refractivity contribution in [3.8, 4) is 11.5 Å². The highest BCUT2D eigenvalue weighted by molar-refractivity contribution is 7.13. The molecule has 23 heavy (non-hydrogen) atoms. The predicted molar refractivity (Wildman–Crippen MR) is 93.6 cm³/mol. The van der Waals surface area contributed by atoms with Crippen LogP contribution in [0, 0.1) is 0 Å². The van der Waals surface area contributed by atoms with E-state index >= 15 is 0 Å². The first-order valence-electron chi connectivity index (χ1n) is 7.03. The summed E-state index contributed by atoms with van der Waals surface area (Å²) >= 11 is 7.59. The lowest BCUT2D eigenvalue weighted by Crippen LogP contribution is -2.07. The maximum atomic E-state index is 11.8.